The van der Waals surface area contributed by atoms with Crippen molar-refractivity contribution in [2.45, 2.75) is 51.5 Å². The molecule has 10 heteroatoms. The van der Waals surface area contributed by atoms with Gasteiger partial charge >= 0.3 is 12.1 Å². The molecule has 1 N–H and O–H groups in total. The topological polar surface area (TPSA) is 86.9 Å². The molecule has 0 saturated heterocycles. The van der Waals surface area contributed by atoms with Crippen molar-refractivity contribution in [2.75, 3.05) is 13.6 Å². The first-order chi connectivity index (χ1) is 22.3. The lowest BCUT2D eigenvalue weighted by atomic mass is 9.83. The number of hydrogen-bond donors (Lipinski definition) is 1. The van der Waals surface area contributed by atoms with Crippen LogP contribution in [-0.2, 0) is 42.4 Å². The Morgan fingerprint density at radius 3 is 2.38 bits per heavy atom. The highest BCUT2D eigenvalue weighted by atomic mass is 19.4. The normalized spacial score (nSPS) is 13.8. The second-order valence-corrected chi connectivity index (χ2v) is 12.5. The van der Waals surface area contributed by atoms with E-state index in [2.05, 4.69) is 4.90 Å². The van der Waals surface area contributed by atoms with Crippen LogP contribution in [-0.4, -0.2) is 45.4 Å². The maximum atomic E-state index is 14.6. The molecule has 3 aromatic carbocycles. The number of hydrogen-bond acceptors (Lipinski definition) is 5. The minimum atomic E-state index is -4.65. The minimum absolute atomic E-state index is 0.0181. The third-order valence-electron chi connectivity index (χ3n) is 8.81. The first-order valence-electron chi connectivity index (χ1n) is 15.3. The van der Waals surface area contributed by atoms with E-state index < -0.39 is 23.3 Å². The SMILES string of the molecule is CN1CCc2nc3ccccc3c(C(=O)N(Cc3ccc(-c4cccc(C(C)(C)C(=O)O)c4)cc3)Cc3ccc(C(F)(F)F)o3)c2C1. The van der Waals surface area contributed by atoms with Crippen LogP contribution in [0.4, 0.5) is 13.2 Å². The molecule has 1 aliphatic rings. The first kappa shape index (κ1) is 32.0. The first-order valence-corrected chi connectivity index (χ1v) is 15.3. The van der Waals surface area contributed by atoms with Gasteiger partial charge in [-0.05, 0) is 61.3 Å². The number of pyridine rings is 1. The maximum absolute atomic E-state index is 14.6. The highest BCUT2D eigenvalue weighted by Crippen LogP contribution is 2.33. The smallest absolute Gasteiger partial charge is 0.449 e. The number of halogens is 3. The Bertz CT molecular complexity index is 1960. The third kappa shape index (κ3) is 6.51. The molecule has 6 rings (SSSR count). The fraction of sp³-hybridized carbons (Fsp3) is 0.270. The molecule has 7 nitrogen and oxygen atoms in total. The van der Waals surface area contributed by atoms with Gasteiger partial charge in [0.05, 0.1) is 23.0 Å². The fourth-order valence-electron chi connectivity index (χ4n) is 5.96. The second-order valence-electron chi connectivity index (χ2n) is 12.5. The van der Waals surface area contributed by atoms with Gasteiger partial charge in [-0.2, -0.15) is 13.2 Å². The van der Waals surface area contributed by atoms with E-state index in [-0.39, 0.29) is 24.8 Å². The molecule has 0 spiro atoms. The summed E-state index contributed by atoms with van der Waals surface area (Å²) in [4.78, 5) is 34.9. The molecule has 0 saturated carbocycles. The molecule has 0 bridgehead atoms. The zero-order valence-corrected chi connectivity index (χ0v) is 26.3. The number of likely N-dealkylation sites (N-methyl/N-ethyl adjacent to an activating group) is 1. The predicted octanol–water partition coefficient (Wildman–Crippen LogP) is 7.71. The van der Waals surface area contributed by atoms with E-state index in [1.165, 1.54) is 11.0 Å². The summed E-state index contributed by atoms with van der Waals surface area (Å²) in [6.45, 7) is 4.56. The summed E-state index contributed by atoms with van der Waals surface area (Å²) >= 11 is 0. The number of nitrogens with zero attached hydrogens (tertiary/aromatic N) is 3. The lowest BCUT2D eigenvalue weighted by Crippen LogP contribution is -2.34. The van der Waals surface area contributed by atoms with Crippen molar-refractivity contribution < 1.29 is 32.3 Å². The van der Waals surface area contributed by atoms with Crippen LogP contribution >= 0.6 is 0 Å². The van der Waals surface area contributed by atoms with Crippen molar-refractivity contribution in [1.82, 2.24) is 14.8 Å². The molecule has 3 heterocycles. The van der Waals surface area contributed by atoms with E-state index in [4.69, 9.17) is 9.40 Å². The third-order valence-corrected chi connectivity index (χ3v) is 8.81. The van der Waals surface area contributed by atoms with E-state index in [0.29, 0.717) is 35.0 Å². The monoisotopic (exact) mass is 641 g/mol. The number of alkyl halides is 3. The van der Waals surface area contributed by atoms with Crippen LogP contribution in [0.1, 0.15) is 58.1 Å². The molecule has 2 aromatic heterocycles. The van der Waals surface area contributed by atoms with Gasteiger partial charge in [0, 0.05) is 42.7 Å². The Hall–Kier alpha value is -4.96. The molecule has 0 unspecified atom stereocenters. The summed E-state index contributed by atoms with van der Waals surface area (Å²) in [5.74, 6) is -2.35. The zero-order chi connectivity index (χ0) is 33.5. The van der Waals surface area contributed by atoms with Gasteiger partial charge in [0.25, 0.3) is 5.91 Å². The molecule has 1 aliphatic heterocycles. The fourth-order valence-corrected chi connectivity index (χ4v) is 5.96. The molecular weight excluding hydrogens is 607 g/mol. The van der Waals surface area contributed by atoms with Crippen LogP contribution in [0.15, 0.2) is 89.3 Å². The predicted molar refractivity (Wildman–Crippen MR) is 172 cm³/mol. The lowest BCUT2D eigenvalue weighted by molar-refractivity contribution is -0.153. The summed E-state index contributed by atoms with van der Waals surface area (Å²) in [6, 6.07) is 24.4. The van der Waals surface area contributed by atoms with Gasteiger partial charge in [-0.25, -0.2) is 0 Å². The number of carbonyl (C=O) groups excluding carboxylic acids is 1. The van der Waals surface area contributed by atoms with Gasteiger partial charge < -0.3 is 19.3 Å². The van der Waals surface area contributed by atoms with Crippen molar-refractivity contribution >= 4 is 22.8 Å². The number of para-hydroxylation sites is 1. The van der Waals surface area contributed by atoms with Gasteiger partial charge in [-0.1, -0.05) is 66.7 Å². The molecule has 242 valence electrons. The molecule has 47 heavy (non-hydrogen) atoms. The summed E-state index contributed by atoms with van der Waals surface area (Å²) < 4.78 is 45.4. The van der Waals surface area contributed by atoms with Crippen LogP contribution in [0.25, 0.3) is 22.0 Å². The van der Waals surface area contributed by atoms with Crippen molar-refractivity contribution in [3.63, 3.8) is 0 Å². The van der Waals surface area contributed by atoms with Crippen LogP contribution < -0.4 is 0 Å². The Balaban J connectivity index is 1.37. The molecule has 0 atom stereocenters. The van der Waals surface area contributed by atoms with Gasteiger partial charge in [0.1, 0.15) is 5.76 Å². The summed E-state index contributed by atoms with van der Waals surface area (Å²) in [6.07, 6.45) is -3.97. The number of aliphatic carboxylic acids is 1. The Kier molecular flexibility index (Phi) is 8.40. The summed E-state index contributed by atoms with van der Waals surface area (Å²) in [7, 11) is 1.98. The average Bonchev–Trinajstić information content (AvgIpc) is 3.53. The largest absolute Gasteiger partial charge is 0.481 e. The molecule has 5 aromatic rings. The van der Waals surface area contributed by atoms with E-state index in [9.17, 15) is 27.9 Å². The van der Waals surface area contributed by atoms with Crippen molar-refractivity contribution in [1.29, 1.82) is 0 Å². The molecular formula is C37H34F3N3O4. The molecule has 0 fully saturated rings. The molecule has 0 aliphatic carbocycles. The highest BCUT2D eigenvalue weighted by Gasteiger charge is 2.35. The van der Waals surface area contributed by atoms with Crippen molar-refractivity contribution in [3.8, 4) is 11.1 Å². The number of furan rings is 1. The second kappa shape index (κ2) is 12.3. The average molecular weight is 642 g/mol. The summed E-state index contributed by atoms with van der Waals surface area (Å²) in [5.41, 5.74) is 4.90. The van der Waals surface area contributed by atoms with E-state index >= 15 is 0 Å². The van der Waals surface area contributed by atoms with Crippen LogP contribution in [0.5, 0.6) is 0 Å². The van der Waals surface area contributed by atoms with Crippen LogP contribution in [0.2, 0.25) is 0 Å². The van der Waals surface area contributed by atoms with Gasteiger partial charge in [0.2, 0.25) is 5.76 Å². The lowest BCUT2D eigenvalue weighted by Gasteiger charge is -2.29. The van der Waals surface area contributed by atoms with Crippen LogP contribution in [0, 0.1) is 0 Å². The zero-order valence-electron chi connectivity index (χ0n) is 26.3. The molecule has 1 amide bonds. The highest BCUT2D eigenvalue weighted by molar-refractivity contribution is 6.07. The van der Waals surface area contributed by atoms with Gasteiger partial charge in [-0.15, -0.1) is 0 Å². The Labute approximate surface area is 270 Å². The number of carbonyl (C=O) groups is 2. The van der Waals surface area contributed by atoms with E-state index in [0.717, 1.165) is 40.6 Å². The molecule has 0 radical (unpaired) electrons. The van der Waals surface area contributed by atoms with Crippen molar-refractivity contribution in [3.05, 3.63) is 124 Å². The number of fused-ring (bicyclic) bond motifs is 2. The standard InChI is InChI=1S/C37H34F3N3O4/c1-36(2,35(45)46)26-8-6-7-25(19-26)24-13-11-23(12-14-24)20-43(21-27-15-16-32(47-27)37(38,39)40)34(44)33-28-9-4-5-10-30(28)41-31-17-18-42(3)22-29(31)33/h4-16,19H,17-18,20-22H2,1-3H3,(H,45,46). The number of carboxylic acid groups (broad SMARTS) is 1. The number of benzene rings is 3. The van der Waals surface area contributed by atoms with Crippen molar-refractivity contribution in [2.24, 2.45) is 0 Å². The quantitative estimate of drug-likeness (QED) is 0.187. The van der Waals surface area contributed by atoms with Gasteiger partial charge in [-0.3, -0.25) is 14.6 Å². The number of amides is 1. The maximum Gasteiger partial charge on any atom is 0.449 e. The number of carboxylic acids is 1. The minimum Gasteiger partial charge on any atom is -0.481 e. The van der Waals surface area contributed by atoms with Gasteiger partial charge in [0.15, 0.2) is 0 Å². The number of rotatable bonds is 8. The summed E-state index contributed by atoms with van der Waals surface area (Å²) in [5, 5.41) is 10.4. The van der Waals surface area contributed by atoms with E-state index in [1.54, 1.807) is 19.9 Å². The Morgan fingerprint density at radius 1 is 0.936 bits per heavy atom. The van der Waals surface area contributed by atoms with Crippen LogP contribution in [0.3, 0.4) is 0 Å². The Morgan fingerprint density at radius 2 is 1.68 bits per heavy atom. The van der Waals surface area contributed by atoms with E-state index in [1.807, 2.05) is 73.8 Å². The number of aromatic nitrogens is 1.